The number of carbonyl (C=O) groups is 2. The Morgan fingerprint density at radius 1 is 1.13 bits per heavy atom. The number of urea groups is 1. The van der Waals surface area contributed by atoms with Gasteiger partial charge in [-0.3, -0.25) is 4.79 Å². The summed E-state index contributed by atoms with van der Waals surface area (Å²) in [6.07, 6.45) is 1.54. The van der Waals surface area contributed by atoms with E-state index in [4.69, 9.17) is 4.42 Å². The molecule has 23 heavy (non-hydrogen) atoms. The molecule has 1 aromatic carbocycles. The van der Waals surface area contributed by atoms with Crippen LogP contribution in [0, 0.1) is 6.92 Å². The molecule has 6 heteroatoms. The molecule has 0 aliphatic heterocycles. The van der Waals surface area contributed by atoms with Crippen molar-refractivity contribution in [3.8, 4) is 0 Å². The van der Waals surface area contributed by atoms with Crippen molar-refractivity contribution in [2.75, 3.05) is 6.54 Å². The van der Waals surface area contributed by atoms with Gasteiger partial charge < -0.3 is 20.4 Å². The summed E-state index contributed by atoms with van der Waals surface area (Å²) in [5, 5.41) is 8.01. The van der Waals surface area contributed by atoms with Gasteiger partial charge >= 0.3 is 6.03 Å². The Kier molecular flexibility index (Phi) is 5.80. The highest BCUT2D eigenvalue weighted by Gasteiger charge is 2.12. The second kappa shape index (κ2) is 8.03. The monoisotopic (exact) mass is 315 g/mol. The zero-order valence-corrected chi connectivity index (χ0v) is 13.3. The van der Waals surface area contributed by atoms with Crippen LogP contribution < -0.4 is 16.0 Å². The Morgan fingerprint density at radius 2 is 1.91 bits per heavy atom. The van der Waals surface area contributed by atoms with Crippen LogP contribution in [0.15, 0.2) is 47.1 Å². The van der Waals surface area contributed by atoms with Gasteiger partial charge in [0.1, 0.15) is 5.76 Å². The Morgan fingerprint density at radius 3 is 2.61 bits per heavy atom. The summed E-state index contributed by atoms with van der Waals surface area (Å²) in [4.78, 5) is 23.5. The molecule has 2 rings (SSSR count). The van der Waals surface area contributed by atoms with Gasteiger partial charge in [-0.1, -0.05) is 24.3 Å². The average Bonchev–Trinajstić information content (AvgIpc) is 3.04. The fourth-order valence-electron chi connectivity index (χ4n) is 2.22. The number of amides is 3. The summed E-state index contributed by atoms with van der Waals surface area (Å²) in [7, 11) is 0. The molecule has 1 unspecified atom stereocenters. The molecule has 0 saturated heterocycles. The lowest BCUT2D eigenvalue weighted by Gasteiger charge is -2.17. The van der Waals surface area contributed by atoms with E-state index < -0.39 is 0 Å². The maximum Gasteiger partial charge on any atom is 0.315 e. The van der Waals surface area contributed by atoms with E-state index in [-0.39, 0.29) is 24.5 Å². The van der Waals surface area contributed by atoms with Gasteiger partial charge in [0.05, 0.1) is 25.4 Å². The minimum Gasteiger partial charge on any atom is -0.467 e. The molecule has 3 N–H and O–H groups in total. The molecular formula is C17H21N3O3. The molecule has 0 spiro atoms. The second-order valence-corrected chi connectivity index (χ2v) is 5.26. The van der Waals surface area contributed by atoms with Crippen LogP contribution in [0.25, 0.3) is 0 Å². The van der Waals surface area contributed by atoms with Crippen molar-refractivity contribution in [3.63, 3.8) is 0 Å². The SMILES string of the molecule is Cc1ccccc1C(C)NC(=O)NCC(=O)NCc1ccco1. The number of nitrogens with one attached hydrogen (secondary N) is 3. The predicted molar refractivity (Wildman–Crippen MR) is 86.7 cm³/mol. The quantitative estimate of drug-likeness (QED) is 0.764. The van der Waals surface area contributed by atoms with Crippen LogP contribution in [-0.2, 0) is 11.3 Å². The van der Waals surface area contributed by atoms with E-state index in [2.05, 4.69) is 16.0 Å². The van der Waals surface area contributed by atoms with E-state index in [1.807, 2.05) is 38.1 Å². The molecule has 0 aliphatic carbocycles. The lowest BCUT2D eigenvalue weighted by molar-refractivity contribution is -0.120. The van der Waals surface area contributed by atoms with Crippen molar-refractivity contribution in [2.45, 2.75) is 26.4 Å². The normalized spacial score (nSPS) is 11.6. The molecule has 6 nitrogen and oxygen atoms in total. The van der Waals surface area contributed by atoms with Crippen molar-refractivity contribution in [1.29, 1.82) is 0 Å². The van der Waals surface area contributed by atoms with E-state index in [9.17, 15) is 9.59 Å². The first-order chi connectivity index (χ1) is 11.1. The summed E-state index contributed by atoms with van der Waals surface area (Å²) in [6.45, 7) is 4.11. The summed E-state index contributed by atoms with van der Waals surface area (Å²) < 4.78 is 5.11. The van der Waals surface area contributed by atoms with Crippen LogP contribution in [0.2, 0.25) is 0 Å². The topological polar surface area (TPSA) is 83.4 Å². The van der Waals surface area contributed by atoms with Crippen LogP contribution in [0.1, 0.15) is 29.9 Å². The third-order valence-electron chi connectivity index (χ3n) is 3.45. The van der Waals surface area contributed by atoms with Crippen LogP contribution >= 0.6 is 0 Å². The van der Waals surface area contributed by atoms with Crippen molar-refractivity contribution in [3.05, 3.63) is 59.5 Å². The van der Waals surface area contributed by atoms with Crippen LogP contribution in [-0.4, -0.2) is 18.5 Å². The summed E-state index contributed by atoms with van der Waals surface area (Å²) >= 11 is 0. The van der Waals surface area contributed by atoms with Crippen LogP contribution in [0.4, 0.5) is 4.79 Å². The lowest BCUT2D eigenvalue weighted by Crippen LogP contribution is -2.42. The summed E-state index contributed by atoms with van der Waals surface area (Å²) in [5.41, 5.74) is 2.15. The highest BCUT2D eigenvalue weighted by molar-refractivity contribution is 5.84. The smallest absolute Gasteiger partial charge is 0.315 e. The Hall–Kier alpha value is -2.76. The molecule has 0 fully saturated rings. The number of carbonyl (C=O) groups excluding carboxylic acids is 2. The number of furan rings is 1. The lowest BCUT2D eigenvalue weighted by atomic mass is 10.0. The molecule has 1 atom stereocenters. The molecule has 0 aliphatic rings. The molecule has 1 heterocycles. The fraction of sp³-hybridized carbons (Fsp3) is 0.294. The average molecular weight is 315 g/mol. The number of rotatable bonds is 6. The van der Waals surface area contributed by atoms with Crippen molar-refractivity contribution >= 4 is 11.9 Å². The van der Waals surface area contributed by atoms with Gasteiger partial charge in [0.25, 0.3) is 0 Å². The van der Waals surface area contributed by atoms with Gasteiger partial charge in [0.15, 0.2) is 0 Å². The van der Waals surface area contributed by atoms with E-state index in [1.165, 1.54) is 0 Å². The highest BCUT2D eigenvalue weighted by Crippen LogP contribution is 2.16. The molecule has 3 amide bonds. The van der Waals surface area contributed by atoms with Crippen molar-refractivity contribution in [1.82, 2.24) is 16.0 Å². The number of hydrogen-bond acceptors (Lipinski definition) is 3. The molecule has 2 aromatic rings. The molecule has 0 bridgehead atoms. The highest BCUT2D eigenvalue weighted by atomic mass is 16.3. The minimum absolute atomic E-state index is 0.0902. The molecular weight excluding hydrogens is 294 g/mol. The van der Waals surface area contributed by atoms with Gasteiger partial charge in [-0.25, -0.2) is 4.79 Å². The van der Waals surface area contributed by atoms with E-state index in [0.29, 0.717) is 12.3 Å². The van der Waals surface area contributed by atoms with E-state index in [1.54, 1.807) is 18.4 Å². The van der Waals surface area contributed by atoms with Gasteiger partial charge in [0, 0.05) is 0 Å². The second-order valence-electron chi connectivity index (χ2n) is 5.26. The van der Waals surface area contributed by atoms with Gasteiger partial charge in [-0.2, -0.15) is 0 Å². The van der Waals surface area contributed by atoms with Crippen LogP contribution in [0.3, 0.4) is 0 Å². The predicted octanol–water partition coefficient (Wildman–Crippen LogP) is 2.26. The Labute approximate surface area is 135 Å². The Bertz CT molecular complexity index is 653. The largest absolute Gasteiger partial charge is 0.467 e. The van der Waals surface area contributed by atoms with Gasteiger partial charge in [0.2, 0.25) is 5.91 Å². The Balaban J connectivity index is 1.72. The number of hydrogen-bond donors (Lipinski definition) is 3. The summed E-state index contributed by atoms with van der Waals surface area (Å²) in [6, 6.07) is 10.8. The molecule has 122 valence electrons. The van der Waals surface area contributed by atoms with Crippen molar-refractivity contribution in [2.24, 2.45) is 0 Å². The maximum absolute atomic E-state index is 11.9. The minimum atomic E-state index is -0.381. The van der Waals surface area contributed by atoms with Gasteiger partial charge in [-0.15, -0.1) is 0 Å². The third-order valence-corrected chi connectivity index (χ3v) is 3.45. The van der Waals surface area contributed by atoms with Gasteiger partial charge in [-0.05, 0) is 37.1 Å². The fourth-order valence-corrected chi connectivity index (χ4v) is 2.22. The molecule has 0 radical (unpaired) electrons. The maximum atomic E-state index is 11.9. The number of aryl methyl sites for hydroxylation is 1. The first-order valence-electron chi connectivity index (χ1n) is 7.45. The zero-order valence-electron chi connectivity index (χ0n) is 13.3. The standard InChI is InChI=1S/C17H21N3O3/c1-12-6-3-4-8-15(12)13(2)20-17(22)19-11-16(21)18-10-14-7-5-9-23-14/h3-9,13H,10-11H2,1-2H3,(H,18,21)(H2,19,20,22). The van der Waals surface area contributed by atoms with Crippen LogP contribution in [0.5, 0.6) is 0 Å². The first-order valence-corrected chi connectivity index (χ1v) is 7.45. The molecule has 1 aromatic heterocycles. The van der Waals surface area contributed by atoms with E-state index in [0.717, 1.165) is 11.1 Å². The number of benzene rings is 1. The van der Waals surface area contributed by atoms with Crippen molar-refractivity contribution < 1.29 is 14.0 Å². The summed E-state index contributed by atoms with van der Waals surface area (Å²) in [5.74, 6) is 0.385. The third kappa shape index (κ3) is 5.18. The zero-order chi connectivity index (χ0) is 16.7. The van der Waals surface area contributed by atoms with E-state index >= 15 is 0 Å². The molecule has 0 saturated carbocycles. The first kappa shape index (κ1) is 16.6.